The Kier molecular flexibility index (Phi) is 5.88. The molecule has 1 aliphatic heterocycles. The fraction of sp³-hybridized carbons (Fsp3) is 1.00. The average molecular weight is 281 g/mol. The van der Waals surface area contributed by atoms with Gasteiger partial charge in [0.15, 0.2) is 0 Å². The SMILES string of the molecule is CCC1CN(C)CCCN1CC1C(C)CC(C)CC1N. The van der Waals surface area contributed by atoms with Crippen molar-refractivity contribution in [2.24, 2.45) is 23.5 Å². The highest BCUT2D eigenvalue weighted by molar-refractivity contribution is 4.89. The molecular formula is C17H35N3. The zero-order chi connectivity index (χ0) is 14.7. The first-order valence-corrected chi connectivity index (χ1v) is 8.69. The van der Waals surface area contributed by atoms with Gasteiger partial charge in [0.05, 0.1) is 0 Å². The maximum absolute atomic E-state index is 6.49. The number of nitrogens with zero attached hydrogens (tertiary/aromatic N) is 2. The van der Waals surface area contributed by atoms with Gasteiger partial charge in [0.25, 0.3) is 0 Å². The van der Waals surface area contributed by atoms with Crippen molar-refractivity contribution in [2.75, 3.05) is 33.2 Å². The van der Waals surface area contributed by atoms with Crippen LogP contribution in [0.3, 0.4) is 0 Å². The Balaban J connectivity index is 1.99. The number of likely N-dealkylation sites (N-methyl/N-ethyl adjacent to an activating group) is 1. The van der Waals surface area contributed by atoms with E-state index in [0.717, 1.165) is 17.9 Å². The van der Waals surface area contributed by atoms with E-state index in [0.29, 0.717) is 12.0 Å². The van der Waals surface area contributed by atoms with Crippen LogP contribution in [-0.4, -0.2) is 55.1 Å². The number of hydrogen-bond donors (Lipinski definition) is 1. The van der Waals surface area contributed by atoms with Crippen LogP contribution in [0.4, 0.5) is 0 Å². The average Bonchev–Trinajstić information content (AvgIpc) is 2.55. The van der Waals surface area contributed by atoms with Crippen LogP contribution >= 0.6 is 0 Å². The highest BCUT2D eigenvalue weighted by Crippen LogP contribution is 2.34. The third kappa shape index (κ3) is 3.96. The van der Waals surface area contributed by atoms with Crippen LogP contribution in [0, 0.1) is 17.8 Å². The molecule has 0 aromatic carbocycles. The molecule has 0 bridgehead atoms. The molecule has 0 amide bonds. The molecule has 20 heavy (non-hydrogen) atoms. The third-order valence-electron chi connectivity index (χ3n) is 5.67. The molecular weight excluding hydrogens is 246 g/mol. The molecule has 1 saturated heterocycles. The standard InChI is InChI=1S/C17H35N3/c1-5-15-11-19(4)7-6-8-20(15)12-16-14(3)9-13(2)10-17(16)18/h13-17H,5-12,18H2,1-4H3. The van der Waals surface area contributed by atoms with Gasteiger partial charge < -0.3 is 10.6 Å². The summed E-state index contributed by atoms with van der Waals surface area (Å²) >= 11 is 0. The molecule has 0 aromatic rings. The Labute approximate surface area is 125 Å². The van der Waals surface area contributed by atoms with Crippen LogP contribution in [0.15, 0.2) is 0 Å². The Morgan fingerprint density at radius 2 is 1.90 bits per heavy atom. The fourth-order valence-corrected chi connectivity index (χ4v) is 4.47. The van der Waals surface area contributed by atoms with Crippen molar-refractivity contribution in [3.63, 3.8) is 0 Å². The lowest BCUT2D eigenvalue weighted by Gasteiger charge is -2.42. The van der Waals surface area contributed by atoms with Gasteiger partial charge in [-0.3, -0.25) is 4.90 Å². The van der Waals surface area contributed by atoms with E-state index in [2.05, 4.69) is 37.6 Å². The van der Waals surface area contributed by atoms with Crippen LogP contribution in [0.25, 0.3) is 0 Å². The fourth-order valence-electron chi connectivity index (χ4n) is 4.47. The lowest BCUT2D eigenvalue weighted by Crippen LogP contribution is -2.50. The largest absolute Gasteiger partial charge is 0.327 e. The molecule has 3 nitrogen and oxygen atoms in total. The Morgan fingerprint density at radius 1 is 1.15 bits per heavy atom. The van der Waals surface area contributed by atoms with E-state index in [4.69, 9.17) is 5.73 Å². The van der Waals surface area contributed by atoms with Gasteiger partial charge >= 0.3 is 0 Å². The van der Waals surface area contributed by atoms with Gasteiger partial charge in [0, 0.05) is 25.2 Å². The van der Waals surface area contributed by atoms with E-state index in [1.807, 2.05) is 0 Å². The van der Waals surface area contributed by atoms with E-state index < -0.39 is 0 Å². The molecule has 1 saturated carbocycles. The second-order valence-corrected chi connectivity index (χ2v) is 7.55. The number of hydrogen-bond acceptors (Lipinski definition) is 3. The Hall–Kier alpha value is -0.120. The smallest absolute Gasteiger partial charge is 0.0220 e. The monoisotopic (exact) mass is 281 g/mol. The van der Waals surface area contributed by atoms with Gasteiger partial charge in [-0.05, 0) is 63.6 Å². The maximum Gasteiger partial charge on any atom is 0.0220 e. The molecule has 0 radical (unpaired) electrons. The van der Waals surface area contributed by atoms with Crippen molar-refractivity contribution in [3.05, 3.63) is 0 Å². The lowest BCUT2D eigenvalue weighted by atomic mass is 9.72. The molecule has 0 aromatic heterocycles. The first-order chi connectivity index (χ1) is 9.51. The normalized spacial score (nSPS) is 41.5. The first-order valence-electron chi connectivity index (χ1n) is 8.69. The predicted molar refractivity (Wildman–Crippen MR) is 86.8 cm³/mol. The van der Waals surface area contributed by atoms with Gasteiger partial charge in [-0.1, -0.05) is 20.8 Å². The summed E-state index contributed by atoms with van der Waals surface area (Å²) in [5.41, 5.74) is 6.49. The van der Waals surface area contributed by atoms with Crippen molar-refractivity contribution >= 4 is 0 Å². The van der Waals surface area contributed by atoms with Crippen molar-refractivity contribution in [3.8, 4) is 0 Å². The van der Waals surface area contributed by atoms with Crippen LogP contribution in [0.5, 0.6) is 0 Å². The summed E-state index contributed by atoms with van der Waals surface area (Å²) in [7, 11) is 2.27. The highest BCUT2D eigenvalue weighted by Gasteiger charge is 2.34. The maximum atomic E-state index is 6.49. The van der Waals surface area contributed by atoms with Crippen molar-refractivity contribution in [2.45, 2.75) is 58.5 Å². The molecule has 3 heteroatoms. The van der Waals surface area contributed by atoms with E-state index in [9.17, 15) is 0 Å². The van der Waals surface area contributed by atoms with Crippen LogP contribution < -0.4 is 5.73 Å². The molecule has 5 unspecified atom stereocenters. The summed E-state index contributed by atoms with van der Waals surface area (Å²) < 4.78 is 0. The third-order valence-corrected chi connectivity index (χ3v) is 5.67. The molecule has 5 atom stereocenters. The minimum absolute atomic E-state index is 0.409. The minimum atomic E-state index is 0.409. The van der Waals surface area contributed by atoms with Crippen molar-refractivity contribution in [1.29, 1.82) is 0 Å². The summed E-state index contributed by atoms with van der Waals surface area (Å²) in [5, 5.41) is 0. The zero-order valence-electron chi connectivity index (χ0n) is 14.0. The lowest BCUT2D eigenvalue weighted by molar-refractivity contribution is 0.0909. The zero-order valence-corrected chi connectivity index (χ0v) is 14.0. The quantitative estimate of drug-likeness (QED) is 0.862. The second-order valence-electron chi connectivity index (χ2n) is 7.55. The summed E-state index contributed by atoms with van der Waals surface area (Å²) in [6, 6.07) is 1.13. The molecule has 2 aliphatic rings. The summed E-state index contributed by atoms with van der Waals surface area (Å²) in [6.45, 7) is 12.1. The molecule has 1 heterocycles. The number of nitrogens with two attached hydrogens (primary N) is 1. The summed E-state index contributed by atoms with van der Waals surface area (Å²) in [5.74, 6) is 2.30. The van der Waals surface area contributed by atoms with Crippen LogP contribution in [0.2, 0.25) is 0 Å². The topological polar surface area (TPSA) is 32.5 Å². The van der Waals surface area contributed by atoms with Crippen LogP contribution in [0.1, 0.15) is 46.5 Å². The molecule has 118 valence electrons. The summed E-state index contributed by atoms with van der Waals surface area (Å²) in [6.07, 6.45) is 5.15. The molecule has 1 aliphatic carbocycles. The van der Waals surface area contributed by atoms with Gasteiger partial charge in [-0.15, -0.1) is 0 Å². The minimum Gasteiger partial charge on any atom is -0.327 e. The van der Waals surface area contributed by atoms with Gasteiger partial charge in [-0.25, -0.2) is 0 Å². The highest BCUT2D eigenvalue weighted by atomic mass is 15.2. The summed E-state index contributed by atoms with van der Waals surface area (Å²) in [4.78, 5) is 5.25. The van der Waals surface area contributed by atoms with E-state index in [1.54, 1.807) is 0 Å². The molecule has 2 fully saturated rings. The van der Waals surface area contributed by atoms with Gasteiger partial charge in [-0.2, -0.15) is 0 Å². The second kappa shape index (κ2) is 7.24. The van der Waals surface area contributed by atoms with Crippen LogP contribution in [-0.2, 0) is 0 Å². The van der Waals surface area contributed by atoms with Gasteiger partial charge in [0.1, 0.15) is 0 Å². The number of rotatable bonds is 3. The van der Waals surface area contributed by atoms with E-state index in [-0.39, 0.29) is 0 Å². The van der Waals surface area contributed by atoms with Crippen molar-refractivity contribution < 1.29 is 0 Å². The van der Waals surface area contributed by atoms with E-state index >= 15 is 0 Å². The molecule has 2 rings (SSSR count). The molecule has 2 N–H and O–H groups in total. The predicted octanol–water partition coefficient (Wildman–Crippen LogP) is 2.41. The van der Waals surface area contributed by atoms with E-state index in [1.165, 1.54) is 51.9 Å². The molecule has 0 spiro atoms. The first kappa shape index (κ1) is 16.3. The Bertz CT molecular complexity index is 282. The van der Waals surface area contributed by atoms with Gasteiger partial charge in [0.2, 0.25) is 0 Å². The van der Waals surface area contributed by atoms with Crippen molar-refractivity contribution in [1.82, 2.24) is 9.80 Å². The Morgan fingerprint density at radius 3 is 2.55 bits per heavy atom.